The van der Waals surface area contributed by atoms with Crippen LogP contribution in [0.5, 0.6) is 0 Å². The van der Waals surface area contributed by atoms with Gasteiger partial charge in [0.1, 0.15) is 0 Å². The van der Waals surface area contributed by atoms with Gasteiger partial charge >= 0.3 is 0 Å². The highest BCUT2D eigenvalue weighted by atomic mass is 35.5. The minimum atomic E-state index is 0.223. The monoisotopic (exact) mass is 118 g/mol. The summed E-state index contributed by atoms with van der Waals surface area (Å²) < 4.78 is 0. The maximum Gasteiger partial charge on any atom is 0.187 e. The molecule has 0 radical (unpaired) electrons. The summed E-state index contributed by atoms with van der Waals surface area (Å²) in [6, 6.07) is 0. The lowest BCUT2D eigenvalue weighted by Gasteiger charge is -1.85. The van der Waals surface area contributed by atoms with E-state index in [4.69, 9.17) is 11.6 Å². The zero-order chi connectivity index (χ0) is 5.70. The fraction of sp³-hybridized carbons (Fsp3) is 0.750. The topological polar surface area (TPSA) is 17.1 Å². The number of halogens is 1. The van der Waals surface area contributed by atoms with Crippen LogP contribution in [0.15, 0.2) is 0 Å². The van der Waals surface area contributed by atoms with Crippen molar-refractivity contribution in [3.63, 3.8) is 0 Å². The smallest absolute Gasteiger partial charge is 0.187 e. The average Bonchev–Trinajstić information content (AvgIpc) is 1.61. The van der Waals surface area contributed by atoms with Gasteiger partial charge in [0, 0.05) is 5.88 Å². The third-order valence-electron chi connectivity index (χ3n) is 0.662. The maximum atomic E-state index is 10.1. The van der Waals surface area contributed by atoms with E-state index in [0.717, 1.165) is 6.42 Å². The minimum Gasteiger partial charge on any atom is -0.312 e. The fourth-order valence-electron chi connectivity index (χ4n) is 0.316. The van der Waals surface area contributed by atoms with Gasteiger partial charge < -0.3 is 4.79 Å². The van der Waals surface area contributed by atoms with E-state index in [0.29, 0.717) is 12.3 Å². The van der Waals surface area contributed by atoms with E-state index >= 15 is 0 Å². The number of rotatable bonds is 3. The first-order valence-electron chi connectivity index (χ1n) is 2.32. The van der Waals surface area contributed by atoms with Crippen LogP contribution >= 0.6 is 11.6 Å². The Morgan fingerprint density at radius 3 is 2.43 bits per heavy atom. The number of alkyl halides is 1. The highest BCUT2D eigenvalue weighted by Gasteiger charge is 1.88. The van der Waals surface area contributed by atoms with Crippen molar-refractivity contribution in [1.29, 1.82) is 0 Å². The van der Waals surface area contributed by atoms with Crippen molar-refractivity contribution < 1.29 is 4.79 Å². The van der Waals surface area contributed by atoms with Gasteiger partial charge in [-0.2, -0.15) is 0 Å². The first-order chi connectivity index (χ1) is 3.27. The van der Waals surface area contributed by atoms with Crippen LogP contribution < -0.4 is 0 Å². The van der Waals surface area contributed by atoms with Gasteiger partial charge in [-0.05, 0) is 12.8 Å². The Hall–Kier alpha value is 0.0249. The van der Waals surface area contributed by atoms with E-state index in [-0.39, 0.29) is 5.68 Å². The van der Waals surface area contributed by atoms with Crippen LogP contribution in [-0.2, 0) is 4.79 Å². The normalized spacial score (nSPS) is 8.71. The molecule has 1 nitrogen and oxygen atoms in total. The van der Waals surface area contributed by atoms with E-state index in [1.165, 1.54) is 0 Å². The lowest BCUT2D eigenvalue weighted by atomic mass is 9.99. The summed E-state index contributed by atoms with van der Waals surface area (Å²) in [7, 11) is 1.58. The molecular weight excluding hydrogens is 110 g/mol. The molecule has 3 heteroatoms. The van der Waals surface area contributed by atoms with Crippen LogP contribution in [0.25, 0.3) is 0 Å². The minimum absolute atomic E-state index is 0.223. The third kappa shape index (κ3) is 6.02. The maximum absolute atomic E-state index is 10.1. The molecule has 0 aliphatic heterocycles. The second kappa shape index (κ2) is 4.19. The molecule has 0 saturated heterocycles. The quantitative estimate of drug-likeness (QED) is 0.381. The third-order valence-corrected chi connectivity index (χ3v) is 0.930. The Kier molecular flexibility index (Phi) is 4.21. The Morgan fingerprint density at radius 2 is 2.29 bits per heavy atom. The van der Waals surface area contributed by atoms with Crippen molar-refractivity contribution >= 4 is 25.1 Å². The molecule has 0 aliphatic rings. The van der Waals surface area contributed by atoms with Gasteiger partial charge in [0.2, 0.25) is 0 Å². The van der Waals surface area contributed by atoms with Crippen molar-refractivity contribution in [1.82, 2.24) is 0 Å². The number of carbonyl (C=O) groups is 1. The molecule has 0 bridgehead atoms. The summed E-state index contributed by atoms with van der Waals surface area (Å²) in [5.41, 5.74) is 0.223. The number of carbonyl (C=O) groups excluding carboxylic acids is 1. The van der Waals surface area contributed by atoms with Crippen molar-refractivity contribution in [3.8, 4) is 0 Å². The van der Waals surface area contributed by atoms with E-state index in [1.807, 2.05) is 0 Å². The average molecular weight is 118 g/mol. The Labute approximate surface area is 49.5 Å². The summed E-state index contributed by atoms with van der Waals surface area (Å²) in [5, 5.41) is 0. The Morgan fingerprint density at radius 1 is 1.71 bits per heavy atom. The predicted octanol–water partition coefficient (Wildman–Crippen LogP) is 0.165. The molecule has 0 unspecified atom stereocenters. The van der Waals surface area contributed by atoms with Gasteiger partial charge in [-0.1, -0.05) is 0 Å². The van der Waals surface area contributed by atoms with Crippen molar-refractivity contribution in [3.05, 3.63) is 0 Å². The van der Waals surface area contributed by atoms with E-state index in [9.17, 15) is 4.79 Å². The standard InChI is InChI=1S/C4H8BClO/c5-4(7)2-1-3-6/h1-3,5H2. The van der Waals surface area contributed by atoms with E-state index < -0.39 is 0 Å². The molecule has 7 heavy (non-hydrogen) atoms. The first kappa shape index (κ1) is 7.02. The zero-order valence-corrected chi connectivity index (χ0v) is 5.16. The molecular formula is C4H8BClO. The summed E-state index contributed by atoms with van der Waals surface area (Å²) in [6.07, 6.45) is 1.44. The van der Waals surface area contributed by atoms with Crippen LogP contribution in [0.1, 0.15) is 12.8 Å². The molecule has 0 saturated carbocycles. The Balaban J connectivity index is 2.82. The molecule has 0 fully saturated rings. The van der Waals surface area contributed by atoms with Gasteiger partial charge in [-0.3, -0.25) is 0 Å². The largest absolute Gasteiger partial charge is 0.312 e. The second-order valence-electron chi connectivity index (χ2n) is 1.49. The van der Waals surface area contributed by atoms with Crippen molar-refractivity contribution in [2.24, 2.45) is 0 Å². The lowest BCUT2D eigenvalue weighted by Crippen LogP contribution is -1.94. The molecule has 0 amide bonds. The van der Waals surface area contributed by atoms with Crippen LogP contribution in [0, 0.1) is 0 Å². The predicted molar refractivity (Wildman–Crippen MR) is 33.5 cm³/mol. The molecule has 40 valence electrons. The van der Waals surface area contributed by atoms with Crippen LogP contribution in [-0.4, -0.2) is 19.4 Å². The van der Waals surface area contributed by atoms with Gasteiger partial charge in [0.05, 0.1) is 5.68 Å². The fourth-order valence-corrected chi connectivity index (χ4v) is 0.449. The number of hydrogen-bond donors (Lipinski definition) is 0. The van der Waals surface area contributed by atoms with Gasteiger partial charge in [0.25, 0.3) is 0 Å². The van der Waals surface area contributed by atoms with Gasteiger partial charge in [0.15, 0.2) is 7.85 Å². The zero-order valence-electron chi connectivity index (χ0n) is 4.41. The molecule has 0 heterocycles. The molecule has 0 aromatic carbocycles. The molecule has 0 aromatic rings. The molecule has 0 aliphatic carbocycles. The summed E-state index contributed by atoms with van der Waals surface area (Å²) >= 11 is 5.29. The van der Waals surface area contributed by atoms with Crippen LogP contribution in [0.2, 0.25) is 0 Å². The van der Waals surface area contributed by atoms with Gasteiger partial charge in [-0.25, -0.2) is 0 Å². The summed E-state index contributed by atoms with van der Waals surface area (Å²) in [4.78, 5) is 10.1. The van der Waals surface area contributed by atoms with E-state index in [2.05, 4.69) is 0 Å². The van der Waals surface area contributed by atoms with Gasteiger partial charge in [-0.15, -0.1) is 11.6 Å². The molecule has 0 rings (SSSR count). The molecule has 0 spiro atoms. The Bertz CT molecular complexity index is 64.7. The molecule has 0 atom stereocenters. The SMILES string of the molecule is BC(=O)CCCCl. The summed E-state index contributed by atoms with van der Waals surface area (Å²) in [5.74, 6) is 0.597. The highest BCUT2D eigenvalue weighted by molar-refractivity contribution is 6.57. The van der Waals surface area contributed by atoms with Crippen molar-refractivity contribution in [2.45, 2.75) is 12.8 Å². The highest BCUT2D eigenvalue weighted by Crippen LogP contribution is 1.89. The number of hydrogen-bond acceptors (Lipinski definition) is 1. The van der Waals surface area contributed by atoms with Crippen LogP contribution in [0.4, 0.5) is 0 Å². The molecule has 0 aromatic heterocycles. The summed E-state index contributed by atoms with van der Waals surface area (Å²) in [6.45, 7) is 0. The molecule has 0 N–H and O–H groups in total. The van der Waals surface area contributed by atoms with Crippen LogP contribution in [0.3, 0.4) is 0 Å². The van der Waals surface area contributed by atoms with Crippen molar-refractivity contribution in [2.75, 3.05) is 5.88 Å². The van der Waals surface area contributed by atoms with E-state index in [1.54, 1.807) is 7.85 Å². The lowest BCUT2D eigenvalue weighted by molar-refractivity contribution is -0.111. The second-order valence-corrected chi connectivity index (χ2v) is 1.87. The first-order valence-corrected chi connectivity index (χ1v) is 2.86.